The summed E-state index contributed by atoms with van der Waals surface area (Å²) < 4.78 is 80.9. The van der Waals surface area contributed by atoms with Gasteiger partial charge in [-0.05, 0) is 12.1 Å². The predicted octanol–water partition coefficient (Wildman–Crippen LogP) is 3.64. The van der Waals surface area contributed by atoms with E-state index in [1.807, 2.05) is 0 Å². The zero-order valence-electron chi connectivity index (χ0n) is 9.81. The molecule has 2 nitrogen and oxygen atoms in total. The number of ketones is 1. The first-order valence-corrected chi connectivity index (χ1v) is 5.51. The molecule has 1 aliphatic carbocycles. The Balaban J connectivity index is 2.48. The van der Waals surface area contributed by atoms with Crippen molar-refractivity contribution in [3.63, 3.8) is 0 Å². The monoisotopic (exact) mass is 298 g/mol. The molecule has 20 heavy (non-hydrogen) atoms. The fourth-order valence-electron chi connectivity index (χ4n) is 2.05. The van der Waals surface area contributed by atoms with Crippen LogP contribution in [0.3, 0.4) is 0 Å². The third-order valence-electron chi connectivity index (χ3n) is 2.86. The van der Waals surface area contributed by atoms with E-state index in [4.69, 9.17) is 0 Å². The molecule has 0 aliphatic heterocycles. The second kappa shape index (κ2) is 4.99. The van der Waals surface area contributed by atoms with Crippen LogP contribution < -0.4 is 4.74 Å². The summed E-state index contributed by atoms with van der Waals surface area (Å²) in [6.07, 6.45) is -7.09. The van der Waals surface area contributed by atoms with Crippen LogP contribution in [0.25, 0.3) is 0 Å². The first-order chi connectivity index (χ1) is 9.24. The van der Waals surface area contributed by atoms with Crippen LogP contribution in [-0.2, 0) is 6.42 Å². The van der Waals surface area contributed by atoms with Crippen molar-refractivity contribution in [1.82, 2.24) is 0 Å². The highest BCUT2D eigenvalue weighted by molar-refractivity contribution is 6.07. The lowest BCUT2D eigenvalue weighted by atomic mass is 10.0. The van der Waals surface area contributed by atoms with E-state index < -0.39 is 60.0 Å². The second-order valence-corrected chi connectivity index (χ2v) is 4.22. The number of carbonyl (C=O) groups is 1. The fraction of sp³-hybridized carbons (Fsp3) is 0.417. The van der Waals surface area contributed by atoms with Crippen molar-refractivity contribution < 1.29 is 35.9 Å². The molecule has 0 atom stereocenters. The van der Waals surface area contributed by atoms with Crippen LogP contribution in [-0.4, -0.2) is 24.7 Å². The van der Waals surface area contributed by atoms with Crippen molar-refractivity contribution in [2.75, 3.05) is 6.61 Å². The van der Waals surface area contributed by atoms with Crippen LogP contribution in [0.2, 0.25) is 0 Å². The maximum absolute atomic E-state index is 13.4. The van der Waals surface area contributed by atoms with Crippen molar-refractivity contribution >= 4 is 5.78 Å². The maximum Gasteiger partial charge on any atom is 0.313 e. The van der Waals surface area contributed by atoms with E-state index in [1.54, 1.807) is 0 Å². The van der Waals surface area contributed by atoms with Crippen LogP contribution in [0.15, 0.2) is 12.1 Å². The predicted molar refractivity (Wildman–Crippen MR) is 55.9 cm³/mol. The Labute approximate surface area is 109 Å². The zero-order valence-corrected chi connectivity index (χ0v) is 9.81. The number of hydrogen-bond acceptors (Lipinski definition) is 2. The van der Waals surface area contributed by atoms with Crippen LogP contribution in [0, 0.1) is 0 Å². The molecule has 0 radical (unpaired) electrons. The van der Waals surface area contributed by atoms with Gasteiger partial charge in [0, 0.05) is 23.1 Å². The summed E-state index contributed by atoms with van der Waals surface area (Å²) in [5.74, 6) is -5.95. The molecule has 1 aromatic carbocycles. The fourth-order valence-corrected chi connectivity index (χ4v) is 2.05. The lowest BCUT2D eigenvalue weighted by Crippen LogP contribution is -2.24. The Hall–Kier alpha value is -1.73. The molecule has 0 bridgehead atoms. The first kappa shape index (κ1) is 14.7. The Bertz CT molecular complexity index is 541. The molecule has 0 saturated carbocycles. The summed E-state index contributed by atoms with van der Waals surface area (Å²) in [5.41, 5.74) is -2.11. The van der Waals surface area contributed by atoms with Gasteiger partial charge in [0.25, 0.3) is 12.9 Å². The second-order valence-electron chi connectivity index (χ2n) is 4.22. The van der Waals surface area contributed by atoms with Gasteiger partial charge < -0.3 is 4.74 Å². The summed E-state index contributed by atoms with van der Waals surface area (Å²) in [6, 6.07) is 1.64. The molecule has 0 heterocycles. The first-order valence-electron chi connectivity index (χ1n) is 5.51. The Kier molecular flexibility index (Phi) is 3.66. The lowest BCUT2D eigenvalue weighted by molar-refractivity contribution is 0.0161. The van der Waals surface area contributed by atoms with Crippen molar-refractivity contribution in [2.45, 2.75) is 25.2 Å². The van der Waals surface area contributed by atoms with Crippen LogP contribution in [0.5, 0.6) is 5.75 Å². The molecule has 0 N–H and O–H groups in total. The van der Waals surface area contributed by atoms with E-state index in [0.29, 0.717) is 0 Å². The van der Waals surface area contributed by atoms with E-state index >= 15 is 0 Å². The minimum Gasteiger partial charge on any atom is -0.487 e. The molecule has 1 aliphatic rings. The average molecular weight is 298 g/mol. The molecule has 2 rings (SSSR count). The molecule has 0 aromatic heterocycles. The number of ether oxygens (including phenoxy) is 1. The van der Waals surface area contributed by atoms with Gasteiger partial charge in [0.15, 0.2) is 0 Å². The highest BCUT2D eigenvalue weighted by Gasteiger charge is 2.50. The number of carbonyl (C=O) groups excluding carboxylic acids is 1. The number of halogens is 6. The third kappa shape index (κ3) is 2.46. The Morgan fingerprint density at radius 1 is 1.20 bits per heavy atom. The van der Waals surface area contributed by atoms with Crippen molar-refractivity contribution in [3.8, 4) is 5.75 Å². The van der Waals surface area contributed by atoms with Crippen LogP contribution in [0.4, 0.5) is 26.3 Å². The van der Waals surface area contributed by atoms with Crippen molar-refractivity contribution in [1.29, 1.82) is 0 Å². The highest BCUT2D eigenvalue weighted by Crippen LogP contribution is 2.43. The van der Waals surface area contributed by atoms with Gasteiger partial charge >= 0.3 is 5.92 Å². The van der Waals surface area contributed by atoms with Gasteiger partial charge in [-0.3, -0.25) is 4.79 Å². The largest absolute Gasteiger partial charge is 0.487 e. The topological polar surface area (TPSA) is 26.3 Å². The van der Waals surface area contributed by atoms with Crippen molar-refractivity contribution in [3.05, 3.63) is 28.8 Å². The summed E-state index contributed by atoms with van der Waals surface area (Å²) in [7, 11) is 0. The third-order valence-corrected chi connectivity index (χ3v) is 2.86. The number of hydrogen-bond donors (Lipinski definition) is 0. The molecular weight excluding hydrogens is 290 g/mol. The van der Waals surface area contributed by atoms with Gasteiger partial charge in [-0.25, -0.2) is 17.6 Å². The number of alkyl halides is 6. The Morgan fingerprint density at radius 3 is 2.40 bits per heavy atom. The normalized spacial score (nSPS) is 16.9. The van der Waals surface area contributed by atoms with Gasteiger partial charge in [-0.15, -0.1) is 0 Å². The lowest BCUT2D eigenvalue weighted by Gasteiger charge is -2.12. The number of fused-ring (bicyclic) bond motifs is 1. The standard InChI is InChI=1S/C12H8F6O2/c13-8(14)4-20-7-2-1-5(11(15)16)9-6(7)3-12(17,18)10(9)19/h1-2,8,11H,3-4H2. The minimum atomic E-state index is -3.82. The summed E-state index contributed by atoms with van der Waals surface area (Å²) in [5, 5.41) is 0. The summed E-state index contributed by atoms with van der Waals surface area (Å²) in [4.78, 5) is 11.4. The van der Waals surface area contributed by atoms with Gasteiger partial charge in [0.1, 0.15) is 12.4 Å². The van der Waals surface area contributed by atoms with E-state index in [2.05, 4.69) is 4.74 Å². The molecule has 0 spiro atoms. The molecule has 0 amide bonds. The summed E-state index contributed by atoms with van der Waals surface area (Å²) in [6.45, 7) is -1.07. The van der Waals surface area contributed by atoms with E-state index in [1.165, 1.54) is 0 Å². The van der Waals surface area contributed by atoms with Crippen LogP contribution in [0.1, 0.15) is 27.9 Å². The molecule has 0 unspecified atom stereocenters. The minimum absolute atomic E-state index is 0.393. The smallest absolute Gasteiger partial charge is 0.313 e. The Morgan fingerprint density at radius 2 is 1.85 bits per heavy atom. The molecule has 0 fully saturated rings. The van der Waals surface area contributed by atoms with E-state index in [9.17, 15) is 31.1 Å². The quantitative estimate of drug-likeness (QED) is 0.793. The van der Waals surface area contributed by atoms with E-state index in [-0.39, 0.29) is 0 Å². The SMILES string of the molecule is O=C1c2c(C(F)F)ccc(OCC(F)F)c2CC1(F)F. The number of rotatable bonds is 4. The summed E-state index contributed by atoms with van der Waals surface area (Å²) >= 11 is 0. The molecule has 8 heteroatoms. The zero-order chi connectivity index (χ0) is 15.1. The molecular formula is C12H8F6O2. The van der Waals surface area contributed by atoms with Crippen LogP contribution >= 0.6 is 0 Å². The van der Waals surface area contributed by atoms with Crippen molar-refractivity contribution in [2.24, 2.45) is 0 Å². The van der Waals surface area contributed by atoms with E-state index in [0.717, 1.165) is 12.1 Å². The average Bonchev–Trinajstić information content (AvgIpc) is 2.58. The maximum atomic E-state index is 13.4. The number of benzene rings is 1. The molecule has 110 valence electrons. The molecule has 1 aromatic rings. The highest BCUT2D eigenvalue weighted by atomic mass is 19.3. The molecule has 0 saturated heterocycles. The van der Waals surface area contributed by atoms with Gasteiger partial charge in [0.2, 0.25) is 5.78 Å². The van der Waals surface area contributed by atoms with Gasteiger partial charge in [-0.2, -0.15) is 8.78 Å². The van der Waals surface area contributed by atoms with Gasteiger partial charge in [-0.1, -0.05) is 0 Å². The number of Topliss-reactive ketones (excluding diaryl/α,β-unsaturated/α-hetero) is 1. The van der Waals surface area contributed by atoms with Gasteiger partial charge in [0.05, 0.1) is 0 Å².